The number of nitrogens with zero attached hydrogens (tertiary/aromatic N) is 1. The molecular formula is C20H21BrNO3+. The van der Waals surface area contributed by atoms with Gasteiger partial charge in [0.25, 0.3) is 0 Å². The van der Waals surface area contributed by atoms with Gasteiger partial charge in [0.1, 0.15) is 5.58 Å². The number of hydrogen-bond donors (Lipinski definition) is 0. The smallest absolute Gasteiger partial charge is 0.374 e. The Balaban J connectivity index is 2.01. The van der Waals surface area contributed by atoms with Gasteiger partial charge in [-0.3, -0.25) is 0 Å². The first-order valence-electron chi connectivity index (χ1n) is 8.48. The van der Waals surface area contributed by atoms with Gasteiger partial charge in [-0.2, -0.15) is 0 Å². The minimum Gasteiger partial charge on any atom is -0.460 e. The summed E-state index contributed by atoms with van der Waals surface area (Å²) in [5.41, 5.74) is 2.83. The molecule has 3 rings (SSSR count). The number of aromatic nitrogens is 1. The summed E-state index contributed by atoms with van der Waals surface area (Å²) >= 11 is 3.49. The summed E-state index contributed by atoms with van der Waals surface area (Å²) in [5.74, 6) is -0.145. The maximum Gasteiger partial charge on any atom is 0.374 e. The van der Waals surface area contributed by atoms with Crippen molar-refractivity contribution in [3.63, 3.8) is 0 Å². The SMILES string of the molecule is CCCc1cc[n+](Cc2c(C(=O)OCC)oc3ccc(Br)cc23)cc1. The number of hydrogen-bond acceptors (Lipinski definition) is 3. The second-order valence-electron chi connectivity index (χ2n) is 5.90. The number of pyridine rings is 1. The molecule has 0 saturated heterocycles. The molecule has 0 fully saturated rings. The average molecular weight is 403 g/mol. The zero-order chi connectivity index (χ0) is 17.8. The van der Waals surface area contributed by atoms with Crippen molar-refractivity contribution in [1.29, 1.82) is 0 Å². The molecule has 130 valence electrons. The monoisotopic (exact) mass is 402 g/mol. The quantitative estimate of drug-likeness (QED) is 0.444. The molecule has 0 radical (unpaired) electrons. The molecule has 4 nitrogen and oxygen atoms in total. The van der Waals surface area contributed by atoms with Crippen LogP contribution in [0.25, 0.3) is 11.0 Å². The summed E-state index contributed by atoms with van der Waals surface area (Å²) in [7, 11) is 0. The van der Waals surface area contributed by atoms with E-state index in [9.17, 15) is 4.79 Å². The van der Waals surface area contributed by atoms with E-state index in [1.165, 1.54) is 5.56 Å². The highest BCUT2D eigenvalue weighted by molar-refractivity contribution is 9.10. The first kappa shape index (κ1) is 17.7. The van der Waals surface area contributed by atoms with Crippen molar-refractivity contribution in [2.24, 2.45) is 0 Å². The number of fused-ring (bicyclic) bond motifs is 1. The molecule has 5 heteroatoms. The molecule has 3 aromatic rings. The highest BCUT2D eigenvalue weighted by Crippen LogP contribution is 2.29. The summed E-state index contributed by atoms with van der Waals surface area (Å²) in [4.78, 5) is 12.3. The van der Waals surface area contributed by atoms with Crippen LogP contribution in [0.5, 0.6) is 0 Å². The van der Waals surface area contributed by atoms with Crippen molar-refractivity contribution in [3.05, 3.63) is 64.1 Å². The maximum absolute atomic E-state index is 12.3. The maximum atomic E-state index is 12.3. The Hall–Kier alpha value is -2.14. The van der Waals surface area contributed by atoms with E-state index in [-0.39, 0.29) is 5.76 Å². The summed E-state index contributed by atoms with van der Waals surface area (Å²) in [6, 6.07) is 9.97. The van der Waals surface area contributed by atoms with Crippen LogP contribution in [0.15, 0.2) is 51.6 Å². The van der Waals surface area contributed by atoms with Gasteiger partial charge in [0.15, 0.2) is 18.9 Å². The van der Waals surface area contributed by atoms with E-state index in [0.717, 1.165) is 28.3 Å². The van der Waals surface area contributed by atoms with Gasteiger partial charge in [-0.1, -0.05) is 29.3 Å². The van der Waals surface area contributed by atoms with E-state index in [2.05, 4.69) is 35.0 Å². The van der Waals surface area contributed by atoms with Gasteiger partial charge in [-0.05, 0) is 37.1 Å². The highest BCUT2D eigenvalue weighted by atomic mass is 79.9. The number of carbonyl (C=O) groups is 1. The Morgan fingerprint density at radius 1 is 1.20 bits per heavy atom. The van der Waals surface area contributed by atoms with Gasteiger partial charge >= 0.3 is 5.97 Å². The number of rotatable bonds is 6. The fourth-order valence-electron chi connectivity index (χ4n) is 2.87. The molecule has 1 aromatic carbocycles. The molecule has 0 saturated carbocycles. The van der Waals surface area contributed by atoms with Crippen LogP contribution < -0.4 is 4.57 Å². The van der Waals surface area contributed by atoms with Gasteiger partial charge in [0.2, 0.25) is 5.76 Å². The summed E-state index contributed by atoms with van der Waals surface area (Å²) < 4.78 is 14.0. The van der Waals surface area contributed by atoms with Crippen molar-refractivity contribution in [1.82, 2.24) is 0 Å². The number of halogens is 1. The Morgan fingerprint density at radius 2 is 1.96 bits per heavy atom. The minimum atomic E-state index is -0.423. The predicted molar refractivity (Wildman–Crippen MR) is 99.6 cm³/mol. The molecule has 2 aromatic heterocycles. The van der Waals surface area contributed by atoms with Crippen molar-refractivity contribution in [2.75, 3.05) is 6.61 Å². The van der Waals surface area contributed by atoms with Crippen molar-refractivity contribution in [3.8, 4) is 0 Å². The molecule has 25 heavy (non-hydrogen) atoms. The third kappa shape index (κ3) is 3.93. The molecule has 0 aliphatic rings. The zero-order valence-corrected chi connectivity index (χ0v) is 16.0. The van der Waals surface area contributed by atoms with E-state index in [4.69, 9.17) is 9.15 Å². The molecule has 0 amide bonds. The van der Waals surface area contributed by atoms with Gasteiger partial charge in [-0.15, -0.1) is 0 Å². The molecule has 0 spiro atoms. The van der Waals surface area contributed by atoms with Crippen LogP contribution in [0.1, 0.15) is 41.9 Å². The number of furan rings is 1. The fraction of sp³-hybridized carbons (Fsp3) is 0.300. The molecule has 0 aliphatic carbocycles. The van der Waals surface area contributed by atoms with Crippen LogP contribution in [0.3, 0.4) is 0 Å². The normalized spacial score (nSPS) is 11.0. The lowest BCUT2D eigenvalue weighted by Crippen LogP contribution is -2.34. The van der Waals surface area contributed by atoms with Gasteiger partial charge in [-0.25, -0.2) is 9.36 Å². The number of aryl methyl sites for hydroxylation is 1. The van der Waals surface area contributed by atoms with Crippen molar-refractivity contribution < 1.29 is 18.5 Å². The number of carbonyl (C=O) groups excluding carboxylic acids is 1. The Labute approximate surface area is 155 Å². The minimum absolute atomic E-state index is 0.278. The van der Waals surface area contributed by atoms with E-state index in [0.29, 0.717) is 18.7 Å². The van der Waals surface area contributed by atoms with E-state index in [1.807, 2.05) is 35.2 Å². The highest BCUT2D eigenvalue weighted by Gasteiger charge is 2.24. The van der Waals surface area contributed by atoms with E-state index >= 15 is 0 Å². The third-order valence-electron chi connectivity index (χ3n) is 4.05. The number of ether oxygens (including phenoxy) is 1. The largest absolute Gasteiger partial charge is 0.460 e. The average Bonchev–Trinajstić information content (AvgIpc) is 2.95. The number of esters is 1. The van der Waals surface area contributed by atoms with Crippen LogP contribution in [0, 0.1) is 0 Å². The Bertz CT molecular complexity index is 884. The first-order chi connectivity index (χ1) is 12.1. The van der Waals surface area contributed by atoms with E-state index in [1.54, 1.807) is 6.92 Å². The second-order valence-corrected chi connectivity index (χ2v) is 6.82. The second kappa shape index (κ2) is 7.83. The standard InChI is InChI=1S/C20H21BrNO3/c1-3-5-14-8-10-22(11-9-14)13-17-16-12-15(21)6-7-18(16)25-19(17)20(23)24-4-2/h6-12H,3-5,13H2,1-2H3/q+1. The third-order valence-corrected chi connectivity index (χ3v) is 4.55. The van der Waals surface area contributed by atoms with Crippen LogP contribution in [-0.2, 0) is 17.7 Å². The number of benzene rings is 1. The predicted octanol–water partition coefficient (Wildman–Crippen LogP) is 4.66. The molecule has 0 bridgehead atoms. The topological polar surface area (TPSA) is 43.3 Å². The molecule has 0 aliphatic heterocycles. The lowest BCUT2D eigenvalue weighted by molar-refractivity contribution is -0.688. The fourth-order valence-corrected chi connectivity index (χ4v) is 3.23. The van der Waals surface area contributed by atoms with Crippen LogP contribution in [0.4, 0.5) is 0 Å². The lowest BCUT2D eigenvalue weighted by Gasteiger charge is -2.02. The lowest BCUT2D eigenvalue weighted by atomic mass is 10.1. The summed E-state index contributed by atoms with van der Waals surface area (Å²) in [6.45, 7) is 4.82. The first-order valence-corrected chi connectivity index (χ1v) is 9.27. The van der Waals surface area contributed by atoms with Crippen LogP contribution >= 0.6 is 15.9 Å². The van der Waals surface area contributed by atoms with E-state index < -0.39 is 5.97 Å². The Kier molecular flexibility index (Phi) is 5.53. The Morgan fingerprint density at radius 3 is 2.64 bits per heavy atom. The van der Waals surface area contributed by atoms with Crippen molar-refractivity contribution >= 4 is 32.9 Å². The molecule has 0 atom stereocenters. The zero-order valence-electron chi connectivity index (χ0n) is 14.4. The summed E-state index contributed by atoms with van der Waals surface area (Å²) in [6.07, 6.45) is 6.27. The van der Waals surface area contributed by atoms with Crippen LogP contribution in [-0.4, -0.2) is 12.6 Å². The molecule has 2 heterocycles. The summed E-state index contributed by atoms with van der Waals surface area (Å²) in [5, 5.41) is 0.919. The molecule has 0 N–H and O–H groups in total. The van der Waals surface area contributed by atoms with Gasteiger partial charge in [0.05, 0.1) is 12.2 Å². The van der Waals surface area contributed by atoms with Gasteiger partial charge in [0, 0.05) is 22.0 Å². The van der Waals surface area contributed by atoms with Gasteiger partial charge < -0.3 is 9.15 Å². The molecular weight excluding hydrogens is 382 g/mol. The van der Waals surface area contributed by atoms with Crippen molar-refractivity contribution in [2.45, 2.75) is 33.2 Å². The molecule has 0 unspecified atom stereocenters. The van der Waals surface area contributed by atoms with Crippen LogP contribution in [0.2, 0.25) is 0 Å².